The molecule has 0 saturated carbocycles. The van der Waals surface area contributed by atoms with Gasteiger partial charge in [0.05, 0.1) is 12.6 Å². The second-order valence-electron chi connectivity index (χ2n) is 4.50. The van der Waals surface area contributed by atoms with Gasteiger partial charge in [-0.1, -0.05) is 43.7 Å². The number of nitrogens with zero attached hydrogens (tertiary/aromatic N) is 2. The predicted molar refractivity (Wildman–Crippen MR) is 74.9 cm³/mol. The summed E-state index contributed by atoms with van der Waals surface area (Å²) in [5.41, 5.74) is 7.68. The lowest BCUT2D eigenvalue weighted by Crippen LogP contribution is -2.39. The van der Waals surface area contributed by atoms with Gasteiger partial charge in [0.15, 0.2) is 0 Å². The molecular weight excluding hydrogens is 238 g/mol. The first-order valence-electron chi connectivity index (χ1n) is 6.42. The molecule has 0 fully saturated rings. The molecule has 4 heteroatoms. The van der Waals surface area contributed by atoms with Crippen molar-refractivity contribution in [3.05, 3.63) is 54.0 Å². The second kappa shape index (κ2) is 5.80. The highest BCUT2D eigenvalue weighted by molar-refractivity contribution is 5.38. The molecular formula is C15H19N3O. The van der Waals surface area contributed by atoms with Crippen molar-refractivity contribution in [2.24, 2.45) is 5.73 Å². The van der Waals surface area contributed by atoms with Crippen LogP contribution in [0.4, 0.5) is 0 Å². The maximum absolute atomic E-state index is 6.65. The standard InChI is InChI=1S/C15H19N3O/c1-3-9-15(16,12-7-5-4-6-8-12)13-14(19-2)18-11-10-17-13/h4-8,10-11H,3,9,16H2,1-2H3. The Morgan fingerprint density at radius 1 is 1.16 bits per heavy atom. The van der Waals surface area contributed by atoms with Crippen LogP contribution in [-0.2, 0) is 5.54 Å². The Hall–Kier alpha value is -1.94. The Labute approximate surface area is 113 Å². The van der Waals surface area contributed by atoms with E-state index >= 15 is 0 Å². The molecule has 4 nitrogen and oxygen atoms in total. The van der Waals surface area contributed by atoms with Gasteiger partial charge in [-0.2, -0.15) is 0 Å². The number of methoxy groups -OCH3 is 1. The van der Waals surface area contributed by atoms with Gasteiger partial charge >= 0.3 is 0 Å². The van der Waals surface area contributed by atoms with Gasteiger partial charge in [-0.15, -0.1) is 0 Å². The van der Waals surface area contributed by atoms with E-state index < -0.39 is 5.54 Å². The van der Waals surface area contributed by atoms with E-state index in [2.05, 4.69) is 16.9 Å². The van der Waals surface area contributed by atoms with Crippen LogP contribution in [0.25, 0.3) is 0 Å². The van der Waals surface area contributed by atoms with Crippen LogP contribution in [0.2, 0.25) is 0 Å². The van der Waals surface area contributed by atoms with Crippen LogP contribution < -0.4 is 10.5 Å². The average molecular weight is 257 g/mol. The zero-order valence-corrected chi connectivity index (χ0v) is 11.3. The average Bonchev–Trinajstić information content (AvgIpc) is 2.48. The topological polar surface area (TPSA) is 61.0 Å². The van der Waals surface area contributed by atoms with Gasteiger partial charge in [0.25, 0.3) is 0 Å². The summed E-state index contributed by atoms with van der Waals surface area (Å²) in [6.45, 7) is 2.10. The monoisotopic (exact) mass is 257 g/mol. The van der Waals surface area contributed by atoms with E-state index in [4.69, 9.17) is 10.5 Å². The largest absolute Gasteiger partial charge is 0.480 e. The van der Waals surface area contributed by atoms with Crippen molar-refractivity contribution >= 4 is 0 Å². The minimum absolute atomic E-state index is 0.488. The van der Waals surface area contributed by atoms with E-state index in [1.807, 2.05) is 30.3 Å². The molecule has 0 saturated heterocycles. The zero-order chi connectivity index (χ0) is 13.7. The number of ether oxygens (including phenoxy) is 1. The van der Waals surface area contributed by atoms with Crippen molar-refractivity contribution in [3.8, 4) is 5.88 Å². The molecule has 0 bridgehead atoms. The molecule has 0 aliphatic carbocycles. The fourth-order valence-corrected chi connectivity index (χ4v) is 2.31. The molecule has 2 aromatic rings. The zero-order valence-electron chi connectivity index (χ0n) is 11.3. The molecule has 1 heterocycles. The van der Waals surface area contributed by atoms with E-state index in [0.29, 0.717) is 11.6 Å². The van der Waals surface area contributed by atoms with Gasteiger partial charge in [-0.05, 0) is 12.0 Å². The molecule has 100 valence electrons. The number of nitrogens with two attached hydrogens (primary N) is 1. The summed E-state index contributed by atoms with van der Waals surface area (Å²) in [5.74, 6) is 0.488. The maximum Gasteiger partial charge on any atom is 0.237 e. The Balaban J connectivity index is 2.56. The Morgan fingerprint density at radius 3 is 2.47 bits per heavy atom. The van der Waals surface area contributed by atoms with E-state index in [0.717, 1.165) is 18.4 Å². The number of benzene rings is 1. The van der Waals surface area contributed by atoms with Gasteiger partial charge in [0.2, 0.25) is 5.88 Å². The second-order valence-corrected chi connectivity index (χ2v) is 4.50. The molecule has 0 amide bonds. The smallest absolute Gasteiger partial charge is 0.237 e. The lowest BCUT2D eigenvalue weighted by atomic mass is 9.83. The molecule has 2 rings (SSSR count). The third-order valence-corrected chi connectivity index (χ3v) is 3.21. The number of aromatic nitrogens is 2. The summed E-state index contributed by atoms with van der Waals surface area (Å²) in [7, 11) is 1.59. The molecule has 0 aliphatic rings. The van der Waals surface area contributed by atoms with Gasteiger partial charge < -0.3 is 10.5 Å². The highest BCUT2D eigenvalue weighted by atomic mass is 16.5. The summed E-state index contributed by atoms with van der Waals surface area (Å²) in [6.07, 6.45) is 4.99. The van der Waals surface area contributed by atoms with Gasteiger partial charge in [-0.25, -0.2) is 4.98 Å². The first kappa shape index (κ1) is 13.5. The molecule has 0 aliphatic heterocycles. The van der Waals surface area contributed by atoms with Crippen molar-refractivity contribution in [1.29, 1.82) is 0 Å². The molecule has 1 atom stereocenters. The number of rotatable bonds is 5. The van der Waals surface area contributed by atoms with Crippen LogP contribution in [0.3, 0.4) is 0 Å². The molecule has 1 aromatic carbocycles. The Bertz CT molecular complexity index is 530. The lowest BCUT2D eigenvalue weighted by Gasteiger charge is -2.29. The highest BCUT2D eigenvalue weighted by Crippen LogP contribution is 2.34. The molecule has 1 aromatic heterocycles. The van der Waals surface area contributed by atoms with Crippen LogP contribution in [0.5, 0.6) is 5.88 Å². The molecule has 19 heavy (non-hydrogen) atoms. The fourth-order valence-electron chi connectivity index (χ4n) is 2.31. The Kier molecular flexibility index (Phi) is 4.12. The quantitative estimate of drug-likeness (QED) is 0.894. The van der Waals surface area contributed by atoms with Crippen LogP contribution in [-0.4, -0.2) is 17.1 Å². The minimum atomic E-state index is -0.671. The van der Waals surface area contributed by atoms with Crippen LogP contribution >= 0.6 is 0 Å². The first-order valence-corrected chi connectivity index (χ1v) is 6.42. The van der Waals surface area contributed by atoms with Crippen molar-refractivity contribution in [3.63, 3.8) is 0 Å². The van der Waals surface area contributed by atoms with Gasteiger partial charge in [-0.3, -0.25) is 4.98 Å². The van der Waals surface area contributed by atoms with Crippen molar-refractivity contribution in [2.45, 2.75) is 25.3 Å². The summed E-state index contributed by atoms with van der Waals surface area (Å²) >= 11 is 0. The summed E-state index contributed by atoms with van der Waals surface area (Å²) in [6, 6.07) is 9.97. The molecule has 0 radical (unpaired) electrons. The Morgan fingerprint density at radius 2 is 1.84 bits per heavy atom. The summed E-state index contributed by atoms with van der Waals surface area (Å²) < 4.78 is 5.31. The SMILES string of the molecule is CCCC(N)(c1ccccc1)c1nccnc1OC. The van der Waals surface area contributed by atoms with E-state index in [-0.39, 0.29) is 0 Å². The summed E-state index contributed by atoms with van der Waals surface area (Å²) in [4.78, 5) is 8.61. The van der Waals surface area contributed by atoms with E-state index in [1.165, 1.54) is 0 Å². The fraction of sp³-hybridized carbons (Fsp3) is 0.333. The maximum atomic E-state index is 6.65. The lowest BCUT2D eigenvalue weighted by molar-refractivity contribution is 0.364. The molecule has 1 unspecified atom stereocenters. The van der Waals surface area contributed by atoms with Crippen molar-refractivity contribution in [2.75, 3.05) is 7.11 Å². The number of hydrogen-bond acceptors (Lipinski definition) is 4. The molecule has 2 N–H and O–H groups in total. The van der Waals surface area contributed by atoms with Crippen LogP contribution in [0, 0.1) is 0 Å². The molecule has 0 spiro atoms. The summed E-state index contributed by atoms with van der Waals surface area (Å²) in [5, 5.41) is 0. The van der Waals surface area contributed by atoms with Crippen LogP contribution in [0.15, 0.2) is 42.7 Å². The van der Waals surface area contributed by atoms with Crippen molar-refractivity contribution in [1.82, 2.24) is 9.97 Å². The van der Waals surface area contributed by atoms with E-state index in [1.54, 1.807) is 19.5 Å². The normalized spacial score (nSPS) is 13.8. The van der Waals surface area contributed by atoms with Gasteiger partial charge in [0.1, 0.15) is 5.69 Å². The first-order chi connectivity index (χ1) is 9.22. The third-order valence-electron chi connectivity index (χ3n) is 3.21. The number of hydrogen-bond donors (Lipinski definition) is 1. The van der Waals surface area contributed by atoms with Crippen molar-refractivity contribution < 1.29 is 4.74 Å². The van der Waals surface area contributed by atoms with Gasteiger partial charge in [0, 0.05) is 12.4 Å². The predicted octanol–water partition coefficient (Wildman–Crippen LogP) is 2.49. The van der Waals surface area contributed by atoms with Crippen LogP contribution in [0.1, 0.15) is 31.0 Å². The highest BCUT2D eigenvalue weighted by Gasteiger charge is 2.33. The third kappa shape index (κ3) is 2.58. The minimum Gasteiger partial charge on any atom is -0.480 e. The van der Waals surface area contributed by atoms with E-state index in [9.17, 15) is 0 Å².